The van der Waals surface area contributed by atoms with E-state index >= 15 is 0 Å². The molecule has 0 saturated carbocycles. The molecule has 0 aliphatic carbocycles. The Morgan fingerprint density at radius 1 is 1.50 bits per heavy atom. The van der Waals surface area contributed by atoms with E-state index in [2.05, 4.69) is 10.3 Å². The molecule has 18 heavy (non-hydrogen) atoms. The van der Waals surface area contributed by atoms with Crippen LogP contribution in [0.5, 0.6) is 0 Å². The smallest absolute Gasteiger partial charge is 0.365 e. The summed E-state index contributed by atoms with van der Waals surface area (Å²) in [5.74, 6) is -0.0877. The largest absolute Gasteiger partial charge is 0.441 e. The molecule has 0 unspecified atom stereocenters. The predicted molar refractivity (Wildman–Crippen MR) is 65.9 cm³/mol. The molecule has 0 aliphatic rings. The standard InChI is InChI=1S/C10H14F3N3OS/c1-7(2)16-5-3-14-8(9(16)17)15-4-6-18-10(11,12)13/h3,5,7H,4,6H2,1-2H3,(H,14,15). The molecule has 0 saturated heterocycles. The highest BCUT2D eigenvalue weighted by molar-refractivity contribution is 8.00. The van der Waals surface area contributed by atoms with Gasteiger partial charge in [-0.25, -0.2) is 4.98 Å². The number of thioether (sulfide) groups is 1. The third kappa shape index (κ3) is 4.59. The second kappa shape index (κ2) is 6.12. The van der Waals surface area contributed by atoms with Crippen molar-refractivity contribution in [1.29, 1.82) is 0 Å². The average Bonchev–Trinajstić information content (AvgIpc) is 2.24. The van der Waals surface area contributed by atoms with Gasteiger partial charge >= 0.3 is 5.51 Å². The molecule has 4 nitrogen and oxygen atoms in total. The molecule has 102 valence electrons. The van der Waals surface area contributed by atoms with Crippen molar-refractivity contribution in [2.24, 2.45) is 0 Å². The van der Waals surface area contributed by atoms with E-state index in [0.717, 1.165) is 0 Å². The molecule has 0 radical (unpaired) electrons. The van der Waals surface area contributed by atoms with Crippen LogP contribution in [0.4, 0.5) is 19.0 Å². The zero-order valence-corrected chi connectivity index (χ0v) is 10.8. The van der Waals surface area contributed by atoms with Gasteiger partial charge in [0.2, 0.25) is 0 Å². The van der Waals surface area contributed by atoms with Gasteiger partial charge in [-0.1, -0.05) is 0 Å². The zero-order chi connectivity index (χ0) is 13.8. The third-order valence-electron chi connectivity index (χ3n) is 2.08. The molecule has 1 N–H and O–H groups in total. The summed E-state index contributed by atoms with van der Waals surface area (Å²) in [7, 11) is 0. The Labute approximate surface area is 107 Å². The van der Waals surface area contributed by atoms with Crippen molar-refractivity contribution in [3.05, 3.63) is 22.7 Å². The second-order valence-corrected chi connectivity index (χ2v) is 4.96. The van der Waals surface area contributed by atoms with Crippen LogP contribution in [0.2, 0.25) is 0 Å². The van der Waals surface area contributed by atoms with Crippen molar-refractivity contribution in [3.8, 4) is 0 Å². The average molecular weight is 281 g/mol. The molecular weight excluding hydrogens is 267 g/mol. The maximum atomic E-state index is 11.9. The maximum Gasteiger partial charge on any atom is 0.441 e. The Hall–Kier alpha value is -1.18. The lowest BCUT2D eigenvalue weighted by Crippen LogP contribution is -2.26. The number of alkyl halides is 3. The minimum Gasteiger partial charge on any atom is -0.365 e. The van der Waals surface area contributed by atoms with Crippen LogP contribution in [0.25, 0.3) is 0 Å². The highest BCUT2D eigenvalue weighted by Crippen LogP contribution is 2.29. The normalized spacial score (nSPS) is 11.9. The number of hydrogen-bond donors (Lipinski definition) is 1. The fourth-order valence-electron chi connectivity index (χ4n) is 1.29. The van der Waals surface area contributed by atoms with Gasteiger partial charge in [0.25, 0.3) is 5.56 Å². The van der Waals surface area contributed by atoms with Gasteiger partial charge in [-0.15, -0.1) is 0 Å². The van der Waals surface area contributed by atoms with Crippen LogP contribution in [0, 0.1) is 0 Å². The van der Waals surface area contributed by atoms with Gasteiger partial charge in [0.05, 0.1) is 0 Å². The molecule has 0 spiro atoms. The first-order valence-electron chi connectivity index (χ1n) is 5.33. The fraction of sp³-hybridized carbons (Fsp3) is 0.600. The Morgan fingerprint density at radius 3 is 2.72 bits per heavy atom. The van der Waals surface area contributed by atoms with E-state index in [1.165, 1.54) is 10.8 Å². The lowest BCUT2D eigenvalue weighted by atomic mass is 10.4. The summed E-state index contributed by atoms with van der Waals surface area (Å²) < 4.78 is 37.1. The van der Waals surface area contributed by atoms with Crippen molar-refractivity contribution >= 4 is 17.6 Å². The molecule has 1 rings (SSSR count). The number of nitrogens with one attached hydrogen (secondary N) is 1. The molecule has 1 aromatic heterocycles. The Morgan fingerprint density at radius 2 is 2.17 bits per heavy atom. The summed E-state index contributed by atoms with van der Waals surface area (Å²) in [4.78, 5) is 15.6. The van der Waals surface area contributed by atoms with Gasteiger partial charge in [0.1, 0.15) is 0 Å². The summed E-state index contributed by atoms with van der Waals surface area (Å²) in [6.07, 6.45) is 2.99. The topological polar surface area (TPSA) is 46.9 Å². The summed E-state index contributed by atoms with van der Waals surface area (Å²) in [5, 5.41) is 2.62. The van der Waals surface area contributed by atoms with Crippen LogP contribution in [-0.2, 0) is 0 Å². The quantitative estimate of drug-likeness (QED) is 0.842. The van der Waals surface area contributed by atoms with Crippen LogP contribution in [0.3, 0.4) is 0 Å². The minimum absolute atomic E-state index is 0.0226. The van der Waals surface area contributed by atoms with Crippen LogP contribution in [-0.4, -0.2) is 27.4 Å². The van der Waals surface area contributed by atoms with Gasteiger partial charge in [0.15, 0.2) is 5.82 Å². The van der Waals surface area contributed by atoms with E-state index in [1.807, 2.05) is 13.8 Å². The molecule has 1 aromatic rings. The van der Waals surface area contributed by atoms with Crippen molar-refractivity contribution in [2.45, 2.75) is 25.4 Å². The SMILES string of the molecule is CC(C)n1ccnc(NCCSC(F)(F)F)c1=O. The van der Waals surface area contributed by atoms with Crippen LogP contribution < -0.4 is 10.9 Å². The number of nitrogens with zero attached hydrogens (tertiary/aromatic N) is 2. The Kier molecular flexibility index (Phi) is 5.06. The molecule has 0 fully saturated rings. The summed E-state index contributed by atoms with van der Waals surface area (Å²) in [5.41, 5.74) is -4.58. The molecule has 0 atom stereocenters. The first-order valence-corrected chi connectivity index (χ1v) is 6.31. The first-order chi connectivity index (χ1) is 8.31. The van der Waals surface area contributed by atoms with E-state index in [-0.39, 0.29) is 41.5 Å². The van der Waals surface area contributed by atoms with Crippen LogP contribution >= 0.6 is 11.8 Å². The van der Waals surface area contributed by atoms with E-state index in [9.17, 15) is 18.0 Å². The number of aromatic nitrogens is 2. The first kappa shape index (κ1) is 14.9. The molecular formula is C10H14F3N3OS. The van der Waals surface area contributed by atoms with Gasteiger partial charge in [-0.05, 0) is 25.6 Å². The Bertz CT molecular complexity index is 445. The Balaban J connectivity index is 2.58. The maximum absolute atomic E-state index is 11.9. The van der Waals surface area contributed by atoms with Crippen molar-refractivity contribution < 1.29 is 13.2 Å². The van der Waals surface area contributed by atoms with Crippen molar-refractivity contribution in [3.63, 3.8) is 0 Å². The number of hydrogen-bond acceptors (Lipinski definition) is 4. The molecule has 0 aromatic carbocycles. The van der Waals surface area contributed by atoms with Gasteiger partial charge in [-0.2, -0.15) is 13.2 Å². The fourth-order valence-corrected chi connectivity index (χ4v) is 1.72. The van der Waals surface area contributed by atoms with Crippen LogP contribution in [0.15, 0.2) is 17.2 Å². The summed E-state index contributed by atoms with van der Waals surface area (Å²) in [6, 6.07) is -0.0226. The van der Waals surface area contributed by atoms with Crippen molar-refractivity contribution in [1.82, 2.24) is 9.55 Å². The lowest BCUT2D eigenvalue weighted by molar-refractivity contribution is -0.0327. The number of anilines is 1. The van der Waals surface area contributed by atoms with E-state index in [0.29, 0.717) is 0 Å². The van der Waals surface area contributed by atoms with Crippen LogP contribution in [0.1, 0.15) is 19.9 Å². The molecule has 0 aliphatic heterocycles. The molecule has 0 amide bonds. The summed E-state index contributed by atoms with van der Waals surface area (Å²) >= 11 is -0.130. The minimum atomic E-state index is -4.25. The number of halogens is 3. The van der Waals surface area contributed by atoms with Gasteiger partial charge in [0, 0.05) is 30.7 Å². The van der Waals surface area contributed by atoms with Gasteiger partial charge < -0.3 is 9.88 Å². The molecule has 0 bridgehead atoms. The zero-order valence-electron chi connectivity index (χ0n) is 9.99. The monoisotopic (exact) mass is 281 g/mol. The third-order valence-corrected chi connectivity index (χ3v) is 2.82. The highest BCUT2D eigenvalue weighted by atomic mass is 32.2. The highest BCUT2D eigenvalue weighted by Gasteiger charge is 2.27. The van der Waals surface area contributed by atoms with E-state index in [1.54, 1.807) is 6.20 Å². The van der Waals surface area contributed by atoms with E-state index in [4.69, 9.17) is 0 Å². The van der Waals surface area contributed by atoms with E-state index < -0.39 is 5.51 Å². The number of rotatable bonds is 5. The second-order valence-electron chi connectivity index (χ2n) is 3.80. The summed E-state index contributed by atoms with van der Waals surface area (Å²) in [6.45, 7) is 3.71. The molecule has 8 heteroatoms. The predicted octanol–water partition coefficient (Wildman–Crippen LogP) is 2.49. The van der Waals surface area contributed by atoms with Crippen molar-refractivity contribution in [2.75, 3.05) is 17.6 Å². The molecule has 1 heterocycles. The van der Waals surface area contributed by atoms with Gasteiger partial charge in [-0.3, -0.25) is 4.79 Å². The lowest BCUT2D eigenvalue weighted by Gasteiger charge is -2.11.